The standard InChI is InChI=1S/C21H35NO.C15H24NO.ClH.Cr/c1-20(2,3)16-12-15(14-22-17-10-8-7-9-11-17)19(23)18(13-16)21(4,5)6;1-14(2,3)11-7-10(9-16)13(17)12(8-11)15(4,5)6;;/h12-13,17,22-23H,7-11,14H2,1-6H3;7-8,16-17H,9H2,1-6H3;1H;/q;-1;;. The van der Waals surface area contributed by atoms with Crippen LogP contribution >= 0.6 is 12.4 Å². The maximum absolute atomic E-state index is 10.8. The van der Waals surface area contributed by atoms with Gasteiger partial charge in [0.1, 0.15) is 11.5 Å². The van der Waals surface area contributed by atoms with Gasteiger partial charge < -0.3 is 21.3 Å². The van der Waals surface area contributed by atoms with E-state index >= 15 is 0 Å². The molecule has 0 aromatic heterocycles. The molecule has 1 saturated carbocycles. The normalized spacial score (nSPS) is 14.8. The number of aromatic hydroxyl groups is 2. The second-order valence-corrected chi connectivity index (χ2v) is 16.0. The first-order valence-electron chi connectivity index (χ1n) is 15.3. The van der Waals surface area contributed by atoms with Gasteiger partial charge in [0.05, 0.1) is 0 Å². The van der Waals surface area contributed by atoms with Crippen LogP contribution in [0, 0.1) is 0 Å². The van der Waals surface area contributed by atoms with Crippen LogP contribution < -0.4 is 5.32 Å². The minimum atomic E-state index is -0.102. The molecule has 0 spiro atoms. The Balaban J connectivity index is 0.000000797. The van der Waals surface area contributed by atoms with Crippen LogP contribution in [-0.2, 0) is 52.1 Å². The first kappa shape index (κ1) is 40.8. The molecule has 0 atom stereocenters. The quantitative estimate of drug-likeness (QED) is 0.311. The SMILES string of the molecule is CC(C)(C)c1cc(CNC2CCCCC2)c(O)c(C(C)(C)C)c1.CC(C)(C)c1cc(C[NH-])c(O)c(C(C)(C)C)c1.Cl.[Cr]. The van der Waals surface area contributed by atoms with Crippen molar-refractivity contribution >= 4 is 12.4 Å². The molecule has 4 N–H and O–H groups in total. The summed E-state index contributed by atoms with van der Waals surface area (Å²) in [4.78, 5) is 0. The van der Waals surface area contributed by atoms with E-state index in [1.807, 2.05) is 6.07 Å². The Morgan fingerprint density at radius 3 is 1.38 bits per heavy atom. The number of benzene rings is 2. The predicted molar refractivity (Wildman–Crippen MR) is 180 cm³/mol. The second-order valence-electron chi connectivity index (χ2n) is 16.0. The average molecular weight is 640 g/mol. The zero-order valence-corrected chi connectivity index (χ0v) is 30.6. The van der Waals surface area contributed by atoms with Gasteiger partial charge in [-0.25, -0.2) is 0 Å². The average Bonchev–Trinajstić information content (AvgIpc) is 2.81. The van der Waals surface area contributed by atoms with Crippen molar-refractivity contribution in [1.29, 1.82) is 0 Å². The summed E-state index contributed by atoms with van der Waals surface area (Å²) in [7, 11) is 0. The van der Waals surface area contributed by atoms with Crippen molar-refractivity contribution < 1.29 is 27.6 Å². The molecule has 0 heterocycles. The van der Waals surface area contributed by atoms with Gasteiger partial charge in [0.25, 0.3) is 0 Å². The van der Waals surface area contributed by atoms with Crippen LogP contribution in [0.15, 0.2) is 24.3 Å². The number of rotatable bonds is 4. The Morgan fingerprint density at radius 1 is 0.643 bits per heavy atom. The first-order valence-corrected chi connectivity index (χ1v) is 15.3. The summed E-state index contributed by atoms with van der Waals surface area (Å²) < 4.78 is 0. The van der Waals surface area contributed by atoms with Crippen LogP contribution in [0.2, 0.25) is 0 Å². The summed E-state index contributed by atoms with van der Waals surface area (Å²) in [6.45, 7) is 26.8. The van der Waals surface area contributed by atoms with Crippen LogP contribution in [-0.4, -0.2) is 16.3 Å². The number of halogens is 1. The van der Waals surface area contributed by atoms with E-state index in [0.29, 0.717) is 17.5 Å². The Hall–Kier alpha value is -1.22. The number of hydrogen-bond donors (Lipinski definition) is 3. The first-order chi connectivity index (χ1) is 18.2. The molecule has 0 bridgehead atoms. The molecule has 0 radical (unpaired) electrons. The monoisotopic (exact) mass is 639 g/mol. The number of phenolic OH excluding ortho intramolecular Hbond substituents is 2. The third-order valence-electron chi connectivity index (χ3n) is 8.10. The van der Waals surface area contributed by atoms with Crippen LogP contribution in [0.1, 0.15) is 149 Å². The van der Waals surface area contributed by atoms with E-state index in [2.05, 4.69) is 107 Å². The van der Waals surface area contributed by atoms with Gasteiger partial charge in [-0.2, -0.15) is 0 Å². The minimum Gasteiger partial charge on any atom is -0.674 e. The summed E-state index contributed by atoms with van der Waals surface area (Å²) in [6.07, 6.45) is 6.58. The Kier molecular flexibility index (Phi) is 15.2. The van der Waals surface area contributed by atoms with E-state index in [1.54, 1.807) is 0 Å². The van der Waals surface area contributed by atoms with Gasteiger partial charge in [-0.1, -0.05) is 127 Å². The molecule has 4 nitrogen and oxygen atoms in total. The zero-order valence-electron chi connectivity index (χ0n) is 28.5. The smallest absolute Gasteiger partial charge is 0.123 e. The van der Waals surface area contributed by atoms with E-state index in [-0.39, 0.29) is 58.0 Å². The fourth-order valence-electron chi connectivity index (χ4n) is 5.23. The molecule has 0 amide bonds. The van der Waals surface area contributed by atoms with Crippen molar-refractivity contribution in [2.24, 2.45) is 0 Å². The summed E-state index contributed by atoms with van der Waals surface area (Å²) in [5.41, 5.74) is 13.8. The molecule has 240 valence electrons. The Bertz CT molecular complexity index is 1130. The molecule has 0 saturated heterocycles. The van der Waals surface area contributed by atoms with Crippen LogP contribution in [0.3, 0.4) is 0 Å². The Morgan fingerprint density at radius 2 is 1.02 bits per heavy atom. The van der Waals surface area contributed by atoms with E-state index in [4.69, 9.17) is 5.73 Å². The summed E-state index contributed by atoms with van der Waals surface area (Å²) >= 11 is 0. The maximum Gasteiger partial charge on any atom is 0.123 e. The molecule has 1 fully saturated rings. The fourth-order valence-corrected chi connectivity index (χ4v) is 5.23. The largest absolute Gasteiger partial charge is 0.674 e. The van der Waals surface area contributed by atoms with Crippen molar-refractivity contribution in [2.75, 3.05) is 0 Å². The second kappa shape index (κ2) is 15.7. The van der Waals surface area contributed by atoms with Crippen molar-refractivity contribution in [2.45, 2.75) is 156 Å². The van der Waals surface area contributed by atoms with Crippen molar-refractivity contribution in [3.05, 3.63) is 63.4 Å². The Labute approximate surface area is 275 Å². The molecular formula is C36H60ClCrN2O2-. The van der Waals surface area contributed by atoms with Crippen molar-refractivity contribution in [3.8, 4) is 11.5 Å². The van der Waals surface area contributed by atoms with Crippen molar-refractivity contribution in [1.82, 2.24) is 5.32 Å². The minimum absolute atomic E-state index is 0. The van der Waals surface area contributed by atoms with E-state index in [0.717, 1.165) is 28.8 Å². The molecule has 2 aromatic rings. The molecular weight excluding hydrogens is 580 g/mol. The third kappa shape index (κ3) is 11.4. The van der Waals surface area contributed by atoms with E-state index in [1.165, 1.54) is 43.2 Å². The van der Waals surface area contributed by atoms with Gasteiger partial charge in [-0.15, -0.1) is 19.0 Å². The molecule has 0 aliphatic heterocycles. The van der Waals surface area contributed by atoms with Gasteiger partial charge in [0.15, 0.2) is 0 Å². The molecule has 1 aliphatic rings. The number of hydrogen-bond acceptors (Lipinski definition) is 3. The van der Waals surface area contributed by atoms with Crippen LogP contribution in [0.25, 0.3) is 5.73 Å². The molecule has 42 heavy (non-hydrogen) atoms. The van der Waals surface area contributed by atoms with Gasteiger partial charge in [0, 0.05) is 35.5 Å². The molecule has 0 unspecified atom stereocenters. The van der Waals surface area contributed by atoms with Gasteiger partial charge >= 0.3 is 0 Å². The van der Waals surface area contributed by atoms with Crippen molar-refractivity contribution in [3.63, 3.8) is 0 Å². The molecule has 1 aliphatic carbocycles. The summed E-state index contributed by atoms with van der Waals surface area (Å²) in [5.74, 6) is 0.773. The summed E-state index contributed by atoms with van der Waals surface area (Å²) in [6, 6.07) is 9.03. The van der Waals surface area contributed by atoms with E-state index < -0.39 is 0 Å². The predicted octanol–water partition coefficient (Wildman–Crippen LogP) is 10.4. The maximum atomic E-state index is 10.8. The summed E-state index contributed by atoms with van der Waals surface area (Å²) in [5, 5.41) is 24.7. The number of nitrogens with one attached hydrogen (secondary N) is 2. The third-order valence-corrected chi connectivity index (χ3v) is 8.10. The van der Waals surface area contributed by atoms with Crippen LogP contribution in [0.5, 0.6) is 11.5 Å². The molecule has 3 rings (SSSR count). The van der Waals surface area contributed by atoms with Gasteiger partial charge in [-0.3, -0.25) is 0 Å². The molecule has 6 heteroatoms. The topological polar surface area (TPSA) is 76.3 Å². The number of phenols is 2. The van der Waals surface area contributed by atoms with E-state index in [9.17, 15) is 10.2 Å². The van der Waals surface area contributed by atoms with Gasteiger partial charge in [-0.05, 0) is 62.3 Å². The zero-order chi connectivity index (χ0) is 30.7. The molecule has 2 aromatic carbocycles. The van der Waals surface area contributed by atoms with Crippen LogP contribution in [0.4, 0.5) is 0 Å². The fraction of sp³-hybridized carbons (Fsp3) is 0.667. The van der Waals surface area contributed by atoms with Gasteiger partial charge in [0.2, 0.25) is 0 Å².